The third-order valence-corrected chi connectivity index (χ3v) is 6.76. The molecule has 8 heteroatoms. The molecule has 7 nitrogen and oxygen atoms in total. The van der Waals surface area contributed by atoms with Crippen molar-refractivity contribution >= 4 is 35.2 Å². The largest absolute Gasteiger partial charge is 0.480 e. The van der Waals surface area contributed by atoms with Crippen molar-refractivity contribution in [3.63, 3.8) is 0 Å². The lowest BCUT2D eigenvalue weighted by atomic mass is 9.86. The predicted octanol–water partition coefficient (Wildman–Crippen LogP) is 1.39. The Balaban J connectivity index is 1.83. The van der Waals surface area contributed by atoms with Crippen molar-refractivity contribution in [2.45, 2.75) is 42.5 Å². The van der Waals surface area contributed by atoms with Gasteiger partial charge in [-0.05, 0) is 39.0 Å². The number of nitrogens with one attached hydrogen (secondary N) is 1. The summed E-state index contributed by atoms with van der Waals surface area (Å²) in [6, 6.07) is 6.23. The zero-order valence-corrected chi connectivity index (χ0v) is 16.3. The molecule has 0 aliphatic carbocycles. The highest BCUT2D eigenvalue weighted by atomic mass is 32.2. The Kier molecular flexibility index (Phi) is 4.22. The molecule has 3 atom stereocenters. The number of thioether (sulfide) groups is 1. The molecule has 0 radical (unpaired) electrons. The predicted molar refractivity (Wildman–Crippen MR) is 100 cm³/mol. The van der Waals surface area contributed by atoms with Gasteiger partial charge in [-0.3, -0.25) is 9.59 Å². The Labute approximate surface area is 156 Å². The maximum Gasteiger partial charge on any atom is 0.327 e. The molecule has 1 aromatic rings. The van der Waals surface area contributed by atoms with Gasteiger partial charge in [0.25, 0.3) is 11.8 Å². The minimum Gasteiger partial charge on any atom is -0.480 e. The van der Waals surface area contributed by atoms with Gasteiger partial charge in [-0.1, -0.05) is 6.07 Å². The molecular formula is C18H23N3O4S. The molecule has 3 rings (SSSR count). The highest BCUT2D eigenvalue weighted by molar-refractivity contribution is 8.01. The fraction of sp³-hybridized carbons (Fsp3) is 0.500. The minimum atomic E-state index is -1.11. The van der Waals surface area contributed by atoms with E-state index in [-0.39, 0.29) is 11.8 Å². The highest BCUT2D eigenvalue weighted by Gasteiger charge is 2.70. The Hall–Kier alpha value is -2.22. The number of carboxylic acids is 1. The van der Waals surface area contributed by atoms with E-state index in [1.165, 1.54) is 16.7 Å². The van der Waals surface area contributed by atoms with Gasteiger partial charge in [0.15, 0.2) is 0 Å². The number of β-lactam (4-membered cyclic amide) rings is 1. The van der Waals surface area contributed by atoms with Crippen LogP contribution in [0.1, 0.15) is 31.1 Å². The average molecular weight is 377 g/mol. The summed E-state index contributed by atoms with van der Waals surface area (Å²) in [5.41, 5.74) is 0.226. The molecule has 0 saturated carbocycles. The number of benzene rings is 1. The molecule has 2 fully saturated rings. The van der Waals surface area contributed by atoms with E-state index >= 15 is 0 Å². The molecular weight excluding hydrogens is 354 g/mol. The lowest BCUT2D eigenvalue weighted by Crippen LogP contribution is -2.78. The van der Waals surface area contributed by atoms with Crippen molar-refractivity contribution in [1.29, 1.82) is 0 Å². The first-order valence-corrected chi connectivity index (χ1v) is 9.20. The summed E-state index contributed by atoms with van der Waals surface area (Å²) >= 11 is 1.41. The van der Waals surface area contributed by atoms with E-state index in [2.05, 4.69) is 5.32 Å². The van der Waals surface area contributed by atoms with Crippen molar-refractivity contribution < 1.29 is 19.5 Å². The second-order valence-corrected chi connectivity index (χ2v) is 9.36. The minimum absolute atomic E-state index is 0.346. The average Bonchev–Trinajstić information content (AvgIpc) is 2.84. The maximum atomic E-state index is 12.7. The second-order valence-electron chi connectivity index (χ2n) is 7.63. The van der Waals surface area contributed by atoms with Gasteiger partial charge >= 0.3 is 5.97 Å². The molecule has 2 amide bonds. The van der Waals surface area contributed by atoms with E-state index in [0.29, 0.717) is 5.56 Å². The van der Waals surface area contributed by atoms with E-state index in [4.69, 9.17) is 0 Å². The summed E-state index contributed by atoms with van der Waals surface area (Å²) in [6.07, 6.45) is 0. The van der Waals surface area contributed by atoms with Gasteiger partial charge in [0, 0.05) is 30.1 Å². The van der Waals surface area contributed by atoms with Crippen molar-refractivity contribution in [2.75, 3.05) is 19.0 Å². The van der Waals surface area contributed by atoms with Gasteiger partial charge in [-0.15, -0.1) is 11.8 Å². The van der Waals surface area contributed by atoms with Crippen molar-refractivity contribution in [2.24, 2.45) is 0 Å². The molecule has 26 heavy (non-hydrogen) atoms. The number of carbonyl (C=O) groups excluding carboxylic acids is 2. The van der Waals surface area contributed by atoms with Gasteiger partial charge in [-0.2, -0.15) is 0 Å². The number of nitrogens with zero attached hydrogens (tertiary/aromatic N) is 2. The topological polar surface area (TPSA) is 90.0 Å². The quantitative estimate of drug-likeness (QED) is 0.771. The Morgan fingerprint density at radius 1 is 1.27 bits per heavy atom. The summed E-state index contributed by atoms with van der Waals surface area (Å²) in [7, 11) is 3.77. The molecule has 0 spiro atoms. The number of anilines is 1. The first-order chi connectivity index (χ1) is 12.0. The van der Waals surface area contributed by atoms with Gasteiger partial charge in [0.05, 0.1) is 0 Å². The number of carboxylic acid groups (broad SMARTS) is 1. The van der Waals surface area contributed by atoms with Crippen LogP contribution in [0.25, 0.3) is 0 Å². The van der Waals surface area contributed by atoms with Crippen LogP contribution in [-0.2, 0) is 9.59 Å². The van der Waals surface area contributed by atoms with E-state index in [1.807, 2.05) is 38.9 Å². The summed E-state index contributed by atoms with van der Waals surface area (Å²) in [6.45, 7) is 5.28. The molecule has 0 unspecified atom stereocenters. The molecule has 140 valence electrons. The van der Waals surface area contributed by atoms with Crippen LogP contribution in [0.3, 0.4) is 0 Å². The van der Waals surface area contributed by atoms with Crippen molar-refractivity contribution in [3.8, 4) is 0 Å². The third kappa shape index (κ3) is 2.63. The van der Waals surface area contributed by atoms with E-state index in [1.54, 1.807) is 25.1 Å². The Bertz CT molecular complexity index is 794. The SMILES string of the molecule is CN(C)c1cccc(C(=O)N[C@@]2(C)C(=O)N3[C@@H](C(=O)O)C(C)(C)S[C@@H]32)c1. The lowest BCUT2D eigenvalue weighted by Gasteiger charge is -2.51. The van der Waals surface area contributed by atoms with Crippen LogP contribution in [0, 0.1) is 0 Å². The number of carbonyl (C=O) groups is 3. The molecule has 2 N–H and O–H groups in total. The second kappa shape index (κ2) is 5.90. The molecule has 0 bridgehead atoms. The number of rotatable bonds is 4. The first-order valence-electron chi connectivity index (χ1n) is 8.32. The fourth-order valence-corrected chi connectivity index (χ4v) is 5.22. The van der Waals surface area contributed by atoms with Crippen LogP contribution >= 0.6 is 11.8 Å². The smallest absolute Gasteiger partial charge is 0.327 e. The van der Waals surface area contributed by atoms with Crippen molar-refractivity contribution in [1.82, 2.24) is 10.2 Å². The van der Waals surface area contributed by atoms with Crippen LogP contribution in [-0.4, -0.2) is 63.6 Å². The first kappa shape index (κ1) is 18.6. The summed E-state index contributed by atoms with van der Waals surface area (Å²) in [5, 5.41) is 11.9. The summed E-state index contributed by atoms with van der Waals surface area (Å²) in [4.78, 5) is 40.3. The third-order valence-electron chi connectivity index (χ3n) is 5.01. The standard InChI is InChI=1S/C18H23N3O4S/c1-17(2)12(14(23)24)21-15(25)18(3,16(21)26-17)19-13(22)10-7-6-8-11(9-10)20(4)5/h6-9,12,16H,1-5H3,(H,19,22)(H,23,24)/t12-,16+,18-/m0/s1. The molecule has 2 saturated heterocycles. The molecule has 2 aliphatic heterocycles. The number of aliphatic carboxylic acids is 1. The van der Waals surface area contributed by atoms with Gasteiger partial charge < -0.3 is 20.2 Å². The Morgan fingerprint density at radius 2 is 1.92 bits per heavy atom. The molecule has 0 aromatic heterocycles. The van der Waals surface area contributed by atoms with Crippen molar-refractivity contribution in [3.05, 3.63) is 29.8 Å². The van der Waals surface area contributed by atoms with Crippen LogP contribution in [0.2, 0.25) is 0 Å². The highest BCUT2D eigenvalue weighted by Crippen LogP contribution is 2.54. The zero-order valence-electron chi connectivity index (χ0n) is 15.4. The normalized spacial score (nSPS) is 29.0. The number of amides is 2. The fourth-order valence-electron chi connectivity index (χ4n) is 3.57. The number of fused-ring (bicyclic) bond motifs is 1. The number of hydrogen-bond acceptors (Lipinski definition) is 5. The zero-order chi connectivity index (χ0) is 19.4. The summed E-state index contributed by atoms with van der Waals surface area (Å²) in [5.74, 6) is -1.73. The van der Waals surface area contributed by atoms with E-state index in [9.17, 15) is 19.5 Å². The van der Waals surface area contributed by atoms with Gasteiger partial charge in [0.2, 0.25) is 0 Å². The van der Waals surface area contributed by atoms with Gasteiger partial charge in [-0.25, -0.2) is 4.79 Å². The summed E-state index contributed by atoms with van der Waals surface area (Å²) < 4.78 is -0.626. The van der Waals surface area contributed by atoms with Crippen LogP contribution in [0.4, 0.5) is 5.69 Å². The number of hydrogen-bond donors (Lipinski definition) is 2. The lowest BCUT2D eigenvalue weighted by molar-refractivity contribution is -0.165. The maximum absolute atomic E-state index is 12.7. The van der Waals surface area contributed by atoms with E-state index < -0.39 is 27.7 Å². The monoisotopic (exact) mass is 377 g/mol. The molecule has 2 heterocycles. The van der Waals surface area contributed by atoms with Crippen LogP contribution in [0.5, 0.6) is 0 Å². The Morgan fingerprint density at radius 3 is 2.50 bits per heavy atom. The van der Waals surface area contributed by atoms with Crippen LogP contribution < -0.4 is 10.2 Å². The van der Waals surface area contributed by atoms with Crippen LogP contribution in [0.15, 0.2) is 24.3 Å². The van der Waals surface area contributed by atoms with E-state index in [0.717, 1.165) is 5.69 Å². The molecule has 1 aromatic carbocycles. The van der Waals surface area contributed by atoms with Gasteiger partial charge in [0.1, 0.15) is 17.0 Å². The molecule has 2 aliphatic rings.